The molecule has 3 amide bonds. The number of allylic oxidation sites excluding steroid dienone is 1. The number of anilines is 1. The van der Waals surface area contributed by atoms with Crippen molar-refractivity contribution in [2.24, 2.45) is 10.9 Å². The van der Waals surface area contributed by atoms with Gasteiger partial charge in [0.05, 0.1) is 0 Å². The molecule has 0 unspecified atom stereocenters. The maximum atomic E-state index is 12.8. The third-order valence-electron chi connectivity index (χ3n) is 4.86. The second-order valence-electron chi connectivity index (χ2n) is 6.98. The van der Waals surface area contributed by atoms with Crippen molar-refractivity contribution in [3.63, 3.8) is 0 Å². The molecule has 0 saturated carbocycles. The lowest BCUT2D eigenvalue weighted by Gasteiger charge is -2.49. The third-order valence-corrected chi connectivity index (χ3v) is 7.24. The van der Waals surface area contributed by atoms with E-state index in [1.807, 2.05) is 0 Å². The molecule has 14 nitrogen and oxygen atoms in total. The lowest BCUT2D eigenvalue weighted by molar-refractivity contribution is -0.150. The van der Waals surface area contributed by atoms with Gasteiger partial charge in [-0.1, -0.05) is 39.3 Å². The number of hydrogen-bond acceptors (Lipinski definition) is 12. The number of carboxylic acids is 1. The zero-order chi connectivity index (χ0) is 25.4. The molecule has 2 aromatic rings. The van der Waals surface area contributed by atoms with Gasteiger partial charge in [0.2, 0.25) is 0 Å². The normalized spacial score (nSPS) is 20.1. The molecule has 182 valence electrons. The standard InChI is InChI=1S/C18H14ClN7O7S2/c19-12-8(23-18(21)35-12)9(24-32)14(28)22-10-15(29)26-11(17(30)31)5(4-34-16(10)26)1-2-6-3-7(13(20)27)25-33-6/h1-3,10,16,32H,4H2,(H2,20,27)(H2,21,23)(H,22,28)(H,30,31)/b2-1-,24-9-/t10-,16-/m1/s1. The number of carbonyl (C=O) groups is 4. The van der Waals surface area contributed by atoms with Gasteiger partial charge < -0.3 is 31.6 Å². The number of carboxylic acid groups (broad SMARTS) is 1. The molecule has 0 aliphatic carbocycles. The Labute approximate surface area is 208 Å². The molecule has 0 aromatic carbocycles. The molecule has 2 aliphatic heterocycles. The summed E-state index contributed by atoms with van der Waals surface area (Å²) in [4.78, 5) is 53.4. The maximum Gasteiger partial charge on any atom is 0.352 e. The van der Waals surface area contributed by atoms with Crippen LogP contribution < -0.4 is 16.8 Å². The number of aliphatic carboxylic acids is 1. The number of nitrogens with two attached hydrogens (primary N) is 2. The fourth-order valence-electron chi connectivity index (χ4n) is 3.31. The average Bonchev–Trinajstić information content (AvgIpc) is 3.42. The summed E-state index contributed by atoms with van der Waals surface area (Å²) >= 11 is 8.03. The third kappa shape index (κ3) is 4.45. The van der Waals surface area contributed by atoms with Crippen LogP contribution in [0.5, 0.6) is 0 Å². The van der Waals surface area contributed by atoms with Gasteiger partial charge in [-0.2, -0.15) is 0 Å². The molecule has 2 atom stereocenters. The van der Waals surface area contributed by atoms with Crippen LogP contribution in [0.2, 0.25) is 4.34 Å². The number of rotatable bonds is 7. The van der Waals surface area contributed by atoms with Crippen molar-refractivity contribution in [1.82, 2.24) is 20.4 Å². The van der Waals surface area contributed by atoms with Gasteiger partial charge in [0.15, 0.2) is 22.3 Å². The lowest BCUT2D eigenvalue weighted by Crippen LogP contribution is -2.71. The highest BCUT2D eigenvalue weighted by atomic mass is 35.5. The summed E-state index contributed by atoms with van der Waals surface area (Å²) in [5.41, 5.74) is 9.88. The Morgan fingerprint density at radius 2 is 2.11 bits per heavy atom. The molecule has 4 rings (SSSR count). The number of primary amides is 1. The van der Waals surface area contributed by atoms with Crippen molar-refractivity contribution in [3.05, 3.63) is 44.9 Å². The van der Waals surface area contributed by atoms with Crippen molar-refractivity contribution < 1.29 is 34.0 Å². The van der Waals surface area contributed by atoms with Gasteiger partial charge in [-0.15, -0.1) is 11.8 Å². The van der Waals surface area contributed by atoms with Crippen LogP contribution in [0, 0.1) is 0 Å². The summed E-state index contributed by atoms with van der Waals surface area (Å²) in [5.74, 6) is -3.45. The molecule has 1 fully saturated rings. The van der Waals surface area contributed by atoms with E-state index >= 15 is 0 Å². The van der Waals surface area contributed by atoms with Gasteiger partial charge in [0.25, 0.3) is 17.7 Å². The number of nitrogens with zero attached hydrogens (tertiary/aromatic N) is 4. The summed E-state index contributed by atoms with van der Waals surface area (Å²) in [6.45, 7) is 0. The molecular formula is C18H14ClN7O7S2. The number of thiazole rings is 1. The van der Waals surface area contributed by atoms with E-state index < -0.39 is 40.8 Å². The van der Waals surface area contributed by atoms with Crippen molar-refractivity contribution in [2.75, 3.05) is 11.5 Å². The van der Waals surface area contributed by atoms with E-state index in [-0.39, 0.29) is 43.6 Å². The number of carbonyl (C=O) groups excluding carboxylic acids is 3. The van der Waals surface area contributed by atoms with Crippen molar-refractivity contribution >= 4 is 75.3 Å². The number of nitrogens with one attached hydrogen (secondary N) is 1. The van der Waals surface area contributed by atoms with Crippen LogP contribution in [0.15, 0.2) is 33.1 Å². The first-order valence-electron chi connectivity index (χ1n) is 9.43. The number of fused-ring (bicyclic) bond motifs is 1. The van der Waals surface area contributed by atoms with Crippen molar-refractivity contribution in [3.8, 4) is 0 Å². The smallest absolute Gasteiger partial charge is 0.352 e. The number of oxime groups is 1. The Morgan fingerprint density at radius 1 is 1.37 bits per heavy atom. The Morgan fingerprint density at radius 3 is 2.69 bits per heavy atom. The molecule has 17 heteroatoms. The van der Waals surface area contributed by atoms with E-state index in [1.165, 1.54) is 30.0 Å². The minimum Gasteiger partial charge on any atom is -0.477 e. The van der Waals surface area contributed by atoms with Gasteiger partial charge in [0, 0.05) is 11.8 Å². The van der Waals surface area contributed by atoms with Crippen LogP contribution in [0.3, 0.4) is 0 Å². The second-order valence-corrected chi connectivity index (χ2v) is 9.71. The first kappa shape index (κ1) is 24.2. The van der Waals surface area contributed by atoms with Crippen molar-refractivity contribution in [1.29, 1.82) is 0 Å². The first-order valence-corrected chi connectivity index (χ1v) is 11.7. The number of nitrogen functional groups attached to an aromatic ring is 1. The number of hydrogen-bond donors (Lipinski definition) is 5. The minimum absolute atomic E-state index is 0.0151. The Bertz CT molecular complexity index is 1350. The highest BCUT2D eigenvalue weighted by Gasteiger charge is 2.54. The van der Waals surface area contributed by atoms with E-state index in [4.69, 9.17) is 27.6 Å². The van der Waals surface area contributed by atoms with Gasteiger partial charge in [-0.25, -0.2) is 9.78 Å². The monoisotopic (exact) mass is 539 g/mol. The fourth-order valence-corrected chi connectivity index (χ4v) is 5.56. The molecule has 2 aromatic heterocycles. The minimum atomic E-state index is -1.36. The summed E-state index contributed by atoms with van der Waals surface area (Å²) in [7, 11) is 0. The van der Waals surface area contributed by atoms with Crippen LogP contribution >= 0.6 is 34.7 Å². The molecular weight excluding hydrogens is 526 g/mol. The summed E-state index contributed by atoms with van der Waals surface area (Å²) in [6.07, 6.45) is 2.80. The highest BCUT2D eigenvalue weighted by molar-refractivity contribution is 8.00. The average molecular weight is 540 g/mol. The van der Waals surface area contributed by atoms with Crippen LogP contribution in [-0.4, -0.2) is 71.9 Å². The Kier molecular flexibility index (Phi) is 6.51. The summed E-state index contributed by atoms with van der Waals surface area (Å²) in [5, 5.41) is 27.1. The SMILES string of the molecule is NC(=O)c1cc(/C=C\C2=C(C(=O)O)N3C(=O)[C@@H](NC(=O)/C(=N\O)c4nc(N)sc4Cl)[C@H]3SC2)on1. The molecule has 2 aliphatic rings. The van der Waals surface area contributed by atoms with Gasteiger partial charge >= 0.3 is 5.97 Å². The molecule has 35 heavy (non-hydrogen) atoms. The maximum absolute atomic E-state index is 12.8. The number of thioether (sulfide) groups is 1. The quantitative estimate of drug-likeness (QED) is 0.137. The summed E-state index contributed by atoms with van der Waals surface area (Å²) in [6, 6.07) is 0.188. The zero-order valence-electron chi connectivity index (χ0n) is 17.2. The predicted octanol–water partition coefficient (Wildman–Crippen LogP) is 0.0959. The van der Waals surface area contributed by atoms with E-state index in [0.717, 1.165) is 16.2 Å². The van der Waals surface area contributed by atoms with Gasteiger partial charge in [0.1, 0.15) is 27.1 Å². The number of aromatic nitrogens is 2. The molecule has 0 spiro atoms. The number of β-lactam (4-membered cyclic amide) rings is 1. The van der Waals surface area contributed by atoms with E-state index in [1.54, 1.807) is 0 Å². The van der Waals surface area contributed by atoms with Crippen LogP contribution in [0.1, 0.15) is 21.9 Å². The van der Waals surface area contributed by atoms with Gasteiger partial charge in [-0.3, -0.25) is 19.3 Å². The highest BCUT2D eigenvalue weighted by Crippen LogP contribution is 2.41. The summed E-state index contributed by atoms with van der Waals surface area (Å²) < 4.78 is 4.96. The molecule has 4 heterocycles. The molecule has 0 radical (unpaired) electrons. The van der Waals surface area contributed by atoms with E-state index in [0.29, 0.717) is 0 Å². The van der Waals surface area contributed by atoms with Crippen LogP contribution in [0.4, 0.5) is 5.13 Å². The first-order chi connectivity index (χ1) is 16.6. The zero-order valence-corrected chi connectivity index (χ0v) is 19.6. The lowest BCUT2D eigenvalue weighted by atomic mass is 10.0. The van der Waals surface area contributed by atoms with Gasteiger partial charge in [-0.05, 0) is 11.6 Å². The van der Waals surface area contributed by atoms with Crippen LogP contribution in [0.25, 0.3) is 6.08 Å². The van der Waals surface area contributed by atoms with Crippen molar-refractivity contribution in [2.45, 2.75) is 11.4 Å². The van der Waals surface area contributed by atoms with E-state index in [9.17, 15) is 29.5 Å². The van der Waals surface area contributed by atoms with Crippen LogP contribution in [-0.2, 0) is 14.4 Å². The fraction of sp³-hybridized carbons (Fsp3) is 0.167. The topological polar surface area (TPSA) is 227 Å². The number of halogens is 1. The molecule has 0 bridgehead atoms. The Balaban J connectivity index is 1.53. The molecule has 1 saturated heterocycles. The Hall–Kier alpha value is -3.89. The number of amides is 3. The molecule has 7 N–H and O–H groups in total. The second kappa shape index (κ2) is 9.40. The van der Waals surface area contributed by atoms with E-state index in [2.05, 4.69) is 20.6 Å². The largest absolute Gasteiger partial charge is 0.477 e. The predicted molar refractivity (Wildman–Crippen MR) is 124 cm³/mol.